The maximum absolute atomic E-state index is 11.3. The van der Waals surface area contributed by atoms with Gasteiger partial charge in [0.1, 0.15) is 6.10 Å². The summed E-state index contributed by atoms with van der Waals surface area (Å²) in [4.78, 5) is 11.3. The summed E-state index contributed by atoms with van der Waals surface area (Å²) in [5.74, 6) is 0.157. The Kier molecular flexibility index (Phi) is 6.45. The number of benzene rings is 1. The lowest BCUT2D eigenvalue weighted by Crippen LogP contribution is -2.41. The molecule has 0 amide bonds. The molecule has 2 atom stereocenters. The summed E-state index contributed by atoms with van der Waals surface area (Å²) >= 11 is 0. The van der Waals surface area contributed by atoms with Crippen molar-refractivity contribution < 1.29 is 14.6 Å². The molecule has 2 rings (SSSR count). The van der Waals surface area contributed by atoms with Crippen LogP contribution in [-0.2, 0) is 4.74 Å². The standard InChI is InChI=1S/C20H30N2O3/c1-5-7-11-15(6-2)17(25-19(23)24)18-20(3,4)14-22(21-18)16-12-9-8-10-13-16/h8-10,12-13,15,17H,5-7,11,14H2,1-4H3,(H,23,24). The van der Waals surface area contributed by atoms with Gasteiger partial charge in [0.15, 0.2) is 0 Å². The highest BCUT2D eigenvalue weighted by Crippen LogP contribution is 2.36. The molecule has 0 spiro atoms. The Bertz CT molecular complexity index is 598. The number of hydrogen-bond acceptors (Lipinski definition) is 4. The molecule has 2 unspecified atom stereocenters. The van der Waals surface area contributed by atoms with Crippen LogP contribution >= 0.6 is 0 Å². The number of para-hydroxylation sites is 1. The molecule has 0 radical (unpaired) electrons. The van der Waals surface area contributed by atoms with Crippen LogP contribution in [0.15, 0.2) is 35.4 Å². The number of nitrogens with zero attached hydrogens (tertiary/aromatic N) is 2. The number of carbonyl (C=O) groups is 1. The first-order chi connectivity index (χ1) is 11.9. The normalized spacial score (nSPS) is 18.6. The summed E-state index contributed by atoms with van der Waals surface area (Å²) in [5, 5.41) is 16.0. The second kappa shape index (κ2) is 8.37. The van der Waals surface area contributed by atoms with E-state index in [0.29, 0.717) is 0 Å². The molecular weight excluding hydrogens is 316 g/mol. The first kappa shape index (κ1) is 19.3. The van der Waals surface area contributed by atoms with E-state index in [1.807, 2.05) is 35.3 Å². The van der Waals surface area contributed by atoms with E-state index in [4.69, 9.17) is 9.84 Å². The summed E-state index contributed by atoms with van der Waals surface area (Å²) in [6.07, 6.45) is 2.26. The highest BCUT2D eigenvalue weighted by molar-refractivity contribution is 5.97. The molecule has 25 heavy (non-hydrogen) atoms. The van der Waals surface area contributed by atoms with Gasteiger partial charge < -0.3 is 9.84 Å². The summed E-state index contributed by atoms with van der Waals surface area (Å²) in [7, 11) is 0. The largest absolute Gasteiger partial charge is 0.506 e. The highest BCUT2D eigenvalue weighted by atomic mass is 16.7. The number of ether oxygens (including phenoxy) is 1. The first-order valence-electron chi connectivity index (χ1n) is 9.20. The Morgan fingerprint density at radius 2 is 2.00 bits per heavy atom. The van der Waals surface area contributed by atoms with Gasteiger partial charge in [-0.15, -0.1) is 0 Å². The Hall–Kier alpha value is -2.04. The molecule has 0 aliphatic carbocycles. The van der Waals surface area contributed by atoms with E-state index >= 15 is 0 Å². The fourth-order valence-electron chi connectivity index (χ4n) is 3.47. The maximum atomic E-state index is 11.3. The van der Waals surface area contributed by atoms with Crippen molar-refractivity contribution in [3.63, 3.8) is 0 Å². The first-order valence-corrected chi connectivity index (χ1v) is 9.20. The zero-order valence-electron chi connectivity index (χ0n) is 15.7. The molecule has 0 aromatic heterocycles. The molecule has 5 heteroatoms. The van der Waals surface area contributed by atoms with E-state index in [1.165, 1.54) is 0 Å². The van der Waals surface area contributed by atoms with E-state index < -0.39 is 12.3 Å². The van der Waals surface area contributed by atoms with E-state index in [9.17, 15) is 9.90 Å². The minimum atomic E-state index is -1.23. The topological polar surface area (TPSA) is 62.1 Å². The average Bonchev–Trinajstić information content (AvgIpc) is 2.90. The van der Waals surface area contributed by atoms with Crippen LogP contribution in [0.3, 0.4) is 0 Å². The van der Waals surface area contributed by atoms with Crippen LogP contribution in [0.2, 0.25) is 0 Å². The second-order valence-electron chi connectivity index (χ2n) is 7.38. The van der Waals surface area contributed by atoms with Gasteiger partial charge in [0.2, 0.25) is 0 Å². The van der Waals surface area contributed by atoms with Crippen LogP contribution in [0.25, 0.3) is 0 Å². The van der Waals surface area contributed by atoms with Gasteiger partial charge >= 0.3 is 6.16 Å². The molecule has 1 aliphatic rings. The van der Waals surface area contributed by atoms with Crippen molar-refractivity contribution in [3.8, 4) is 0 Å². The van der Waals surface area contributed by atoms with Gasteiger partial charge in [-0.25, -0.2) is 4.79 Å². The van der Waals surface area contributed by atoms with Crippen LogP contribution in [0.5, 0.6) is 0 Å². The van der Waals surface area contributed by atoms with Crippen LogP contribution in [0.4, 0.5) is 10.5 Å². The SMILES string of the molecule is CCCCC(CC)C(OC(=O)O)C1=NN(c2ccccc2)CC1(C)C. The quantitative estimate of drug-likeness (QED) is 0.660. The number of hydrazone groups is 1. The smallest absolute Gasteiger partial charge is 0.450 e. The van der Waals surface area contributed by atoms with E-state index in [1.54, 1.807) is 0 Å². The predicted molar refractivity (Wildman–Crippen MR) is 101 cm³/mol. The molecule has 1 aromatic rings. The van der Waals surface area contributed by atoms with Crippen LogP contribution in [-0.4, -0.2) is 29.6 Å². The Labute approximate surface area is 150 Å². The van der Waals surface area contributed by atoms with Gasteiger partial charge in [-0.3, -0.25) is 5.01 Å². The van der Waals surface area contributed by atoms with Crippen molar-refractivity contribution in [3.05, 3.63) is 30.3 Å². The van der Waals surface area contributed by atoms with Crippen LogP contribution < -0.4 is 5.01 Å². The average molecular weight is 346 g/mol. The Balaban J connectivity index is 2.34. The third-order valence-electron chi connectivity index (χ3n) is 4.90. The maximum Gasteiger partial charge on any atom is 0.506 e. The Morgan fingerprint density at radius 1 is 1.32 bits per heavy atom. The van der Waals surface area contributed by atoms with Crippen molar-refractivity contribution >= 4 is 17.6 Å². The minimum Gasteiger partial charge on any atom is -0.450 e. The minimum absolute atomic E-state index is 0.157. The summed E-state index contributed by atoms with van der Waals surface area (Å²) in [6, 6.07) is 9.98. The fraction of sp³-hybridized carbons (Fsp3) is 0.600. The molecule has 0 bridgehead atoms. The Morgan fingerprint density at radius 3 is 2.56 bits per heavy atom. The van der Waals surface area contributed by atoms with Crippen molar-refractivity contribution in [1.29, 1.82) is 0 Å². The molecule has 138 valence electrons. The molecule has 5 nitrogen and oxygen atoms in total. The van der Waals surface area contributed by atoms with Crippen molar-refractivity contribution in [2.45, 2.75) is 59.5 Å². The number of unbranched alkanes of at least 4 members (excludes halogenated alkanes) is 1. The molecule has 1 heterocycles. The van der Waals surface area contributed by atoms with Gasteiger partial charge in [-0.2, -0.15) is 5.10 Å². The van der Waals surface area contributed by atoms with Crippen molar-refractivity contribution in [2.75, 3.05) is 11.6 Å². The third-order valence-corrected chi connectivity index (χ3v) is 4.90. The van der Waals surface area contributed by atoms with Gasteiger partial charge in [-0.1, -0.05) is 58.7 Å². The fourth-order valence-corrected chi connectivity index (χ4v) is 3.47. The van der Waals surface area contributed by atoms with Crippen LogP contribution in [0.1, 0.15) is 53.4 Å². The lowest BCUT2D eigenvalue weighted by Gasteiger charge is -2.30. The van der Waals surface area contributed by atoms with Gasteiger partial charge in [-0.05, 0) is 25.0 Å². The predicted octanol–water partition coefficient (Wildman–Crippen LogP) is 5.17. The molecule has 1 aromatic carbocycles. The van der Waals surface area contributed by atoms with Crippen LogP contribution in [0, 0.1) is 11.3 Å². The van der Waals surface area contributed by atoms with E-state index in [-0.39, 0.29) is 11.3 Å². The van der Waals surface area contributed by atoms with E-state index in [2.05, 4.69) is 27.7 Å². The number of anilines is 1. The third kappa shape index (κ3) is 4.74. The molecule has 1 aliphatic heterocycles. The summed E-state index contributed by atoms with van der Waals surface area (Å²) in [5.41, 5.74) is 1.61. The zero-order valence-corrected chi connectivity index (χ0v) is 15.7. The zero-order chi connectivity index (χ0) is 18.4. The summed E-state index contributed by atoms with van der Waals surface area (Å²) < 4.78 is 5.36. The lowest BCUT2D eigenvalue weighted by atomic mass is 9.79. The van der Waals surface area contributed by atoms with Crippen molar-refractivity contribution in [2.24, 2.45) is 16.4 Å². The lowest BCUT2D eigenvalue weighted by molar-refractivity contribution is 0.0484. The number of carboxylic acid groups (broad SMARTS) is 1. The molecule has 0 saturated heterocycles. The summed E-state index contributed by atoms with van der Waals surface area (Å²) in [6.45, 7) is 9.18. The van der Waals surface area contributed by atoms with Crippen molar-refractivity contribution in [1.82, 2.24) is 0 Å². The molecule has 0 fully saturated rings. The molecule has 0 saturated carbocycles. The number of hydrogen-bond donors (Lipinski definition) is 1. The second-order valence-corrected chi connectivity index (χ2v) is 7.38. The highest BCUT2D eigenvalue weighted by Gasteiger charge is 2.43. The molecular formula is C20H30N2O3. The van der Waals surface area contributed by atoms with Gasteiger partial charge in [0.05, 0.1) is 17.9 Å². The van der Waals surface area contributed by atoms with Gasteiger partial charge in [0, 0.05) is 11.3 Å². The van der Waals surface area contributed by atoms with E-state index in [0.717, 1.165) is 43.6 Å². The monoisotopic (exact) mass is 346 g/mol. The number of rotatable bonds is 8. The van der Waals surface area contributed by atoms with Gasteiger partial charge in [0.25, 0.3) is 0 Å². The molecule has 1 N–H and O–H groups in total.